The third-order valence-electron chi connectivity index (χ3n) is 1.14. The second kappa shape index (κ2) is 10.3. The third-order valence-corrected chi connectivity index (χ3v) is 1.14. The highest BCUT2D eigenvalue weighted by Crippen LogP contribution is 1.91. The van der Waals surface area contributed by atoms with Gasteiger partial charge < -0.3 is 20.3 Å². The van der Waals surface area contributed by atoms with E-state index in [4.69, 9.17) is 5.11 Å². The molecule has 0 saturated heterocycles. The number of carbonyl (C=O) groups is 4. The van der Waals surface area contributed by atoms with Crippen molar-refractivity contribution in [2.75, 3.05) is 6.61 Å². The fourth-order valence-corrected chi connectivity index (χ4v) is 0.494. The molecule has 4 N–H and O–H groups in total. The molecule has 0 unspecified atom stereocenters. The summed E-state index contributed by atoms with van der Waals surface area (Å²) in [5.74, 6) is -2.12. The van der Waals surface area contributed by atoms with Gasteiger partial charge in [-0.2, -0.15) is 0 Å². The van der Waals surface area contributed by atoms with Crippen molar-refractivity contribution in [1.82, 2.24) is 5.32 Å². The molecule has 2 amide bonds. The van der Waals surface area contributed by atoms with Crippen molar-refractivity contribution >= 4 is 24.1 Å². The number of hydrogen-bond donors (Lipinski definition) is 3. The van der Waals surface area contributed by atoms with E-state index < -0.39 is 29.8 Å². The Bertz CT molecular complexity index is 389. The highest BCUT2D eigenvalue weighted by Gasteiger charge is 2.14. The number of ether oxygens (including phenoxy) is 2. The van der Waals surface area contributed by atoms with Gasteiger partial charge >= 0.3 is 24.1 Å². The minimum Gasteiger partial charge on any atom is -0.478 e. The number of hydrogen-bond acceptors (Lipinski definition) is 6. The Morgan fingerprint density at radius 3 is 2.16 bits per heavy atom. The van der Waals surface area contributed by atoms with Gasteiger partial charge in [-0.25, -0.2) is 19.2 Å². The fourth-order valence-electron chi connectivity index (χ4n) is 0.494. The number of nitrogens with one attached hydrogen (secondary N) is 1. The predicted octanol–water partition coefficient (Wildman–Crippen LogP) is 0.125. The molecule has 0 aromatic carbocycles. The van der Waals surface area contributed by atoms with Gasteiger partial charge in [0.15, 0.2) is 0 Å². The number of nitrogens with two attached hydrogens (primary N) is 1. The fraction of sp³-hybridized carbons (Fsp3) is 0.200. The first-order valence-corrected chi connectivity index (χ1v) is 4.74. The Kier molecular flexibility index (Phi) is 10.1. The standard InChI is InChI=1S/C7H10N2O5.C3H4O2/c1-3-13-7(12)9-4(2)5(10)14-6(8)11;1-2-3(4)5/h2-3H2,1H3,(H2,8,11)(H,9,12);2H,1H2,(H,4,5). The first-order valence-electron chi connectivity index (χ1n) is 4.74. The number of carbonyl (C=O) groups excluding carboxylic acids is 3. The number of rotatable bonds is 4. The number of primary amides is 1. The maximum atomic E-state index is 10.8. The Morgan fingerprint density at radius 2 is 1.84 bits per heavy atom. The lowest BCUT2D eigenvalue weighted by Gasteiger charge is -2.05. The van der Waals surface area contributed by atoms with Gasteiger partial charge in [0, 0.05) is 6.08 Å². The van der Waals surface area contributed by atoms with Gasteiger partial charge in [-0.1, -0.05) is 13.2 Å². The van der Waals surface area contributed by atoms with E-state index in [1.54, 1.807) is 6.92 Å². The van der Waals surface area contributed by atoms with Crippen molar-refractivity contribution in [3.63, 3.8) is 0 Å². The van der Waals surface area contributed by atoms with Gasteiger partial charge in [-0.05, 0) is 6.92 Å². The van der Waals surface area contributed by atoms with Crippen molar-refractivity contribution < 1.29 is 33.8 Å². The van der Waals surface area contributed by atoms with Crippen molar-refractivity contribution in [3.8, 4) is 0 Å². The lowest BCUT2D eigenvalue weighted by Crippen LogP contribution is -2.30. The van der Waals surface area contributed by atoms with Crippen molar-refractivity contribution in [3.05, 3.63) is 24.9 Å². The van der Waals surface area contributed by atoms with E-state index in [-0.39, 0.29) is 6.61 Å². The SMILES string of the molecule is C=C(NC(=O)OCC)C(=O)OC(N)=O.C=CC(=O)O. The maximum absolute atomic E-state index is 10.8. The van der Waals surface area contributed by atoms with Gasteiger partial charge in [0.1, 0.15) is 5.70 Å². The van der Waals surface area contributed by atoms with Crippen molar-refractivity contribution in [2.45, 2.75) is 6.92 Å². The maximum Gasteiger partial charge on any atom is 0.412 e. The van der Waals surface area contributed by atoms with Crippen molar-refractivity contribution in [2.24, 2.45) is 5.73 Å². The normalized spacial score (nSPS) is 8.05. The number of amides is 2. The van der Waals surface area contributed by atoms with Gasteiger partial charge in [-0.15, -0.1) is 0 Å². The minimum atomic E-state index is -1.28. The number of carboxylic acid groups (broad SMARTS) is 1. The van der Waals surface area contributed by atoms with E-state index in [0.717, 1.165) is 6.08 Å². The molecule has 0 aliphatic carbocycles. The van der Waals surface area contributed by atoms with Crippen LogP contribution in [0.3, 0.4) is 0 Å². The highest BCUT2D eigenvalue weighted by atomic mass is 16.6. The third kappa shape index (κ3) is 13.1. The molecule has 0 heterocycles. The Morgan fingerprint density at radius 1 is 1.37 bits per heavy atom. The average Bonchev–Trinajstić information content (AvgIpc) is 2.28. The van der Waals surface area contributed by atoms with Crippen LogP contribution in [0.4, 0.5) is 9.59 Å². The number of aliphatic carboxylic acids is 1. The second-order valence-electron chi connectivity index (χ2n) is 2.57. The van der Waals surface area contributed by atoms with E-state index in [0.29, 0.717) is 0 Å². The van der Waals surface area contributed by atoms with Crippen LogP contribution in [0.2, 0.25) is 0 Å². The van der Waals surface area contributed by atoms with Crippen LogP contribution in [0.25, 0.3) is 0 Å². The second-order valence-corrected chi connectivity index (χ2v) is 2.57. The van der Waals surface area contributed by atoms with E-state index in [1.807, 2.05) is 5.32 Å². The average molecular weight is 274 g/mol. The molecule has 106 valence electrons. The van der Waals surface area contributed by atoms with Crippen LogP contribution >= 0.6 is 0 Å². The Labute approximate surface area is 108 Å². The van der Waals surface area contributed by atoms with Gasteiger partial charge in [0.05, 0.1) is 6.61 Å². The quantitative estimate of drug-likeness (QED) is 0.375. The molecule has 19 heavy (non-hydrogen) atoms. The van der Waals surface area contributed by atoms with E-state index in [1.165, 1.54) is 0 Å². The Hall–Kier alpha value is -2.84. The molecular formula is C10H14N2O7. The molecule has 9 heteroatoms. The van der Waals surface area contributed by atoms with Gasteiger partial charge in [-0.3, -0.25) is 5.32 Å². The van der Waals surface area contributed by atoms with Crippen LogP contribution in [-0.4, -0.2) is 35.8 Å². The Balaban J connectivity index is 0. The molecule has 0 bridgehead atoms. The largest absolute Gasteiger partial charge is 0.478 e. The van der Waals surface area contributed by atoms with Gasteiger partial charge in [0.2, 0.25) is 0 Å². The number of carboxylic acids is 1. The lowest BCUT2D eigenvalue weighted by atomic mass is 10.5. The molecule has 0 radical (unpaired) electrons. The van der Waals surface area contributed by atoms with Crippen LogP contribution in [0.5, 0.6) is 0 Å². The van der Waals surface area contributed by atoms with Crippen LogP contribution in [-0.2, 0) is 19.1 Å². The van der Waals surface area contributed by atoms with Crippen LogP contribution < -0.4 is 11.1 Å². The summed E-state index contributed by atoms with van der Waals surface area (Å²) in [6.07, 6.45) is -1.30. The molecule has 0 aliphatic rings. The zero-order chi connectivity index (χ0) is 15.4. The molecule has 0 spiro atoms. The molecule has 9 nitrogen and oxygen atoms in total. The summed E-state index contributed by atoms with van der Waals surface area (Å²) >= 11 is 0. The van der Waals surface area contributed by atoms with E-state index >= 15 is 0 Å². The summed E-state index contributed by atoms with van der Waals surface area (Å²) in [6, 6.07) is 0. The predicted molar refractivity (Wildman–Crippen MR) is 62.8 cm³/mol. The highest BCUT2D eigenvalue weighted by molar-refractivity contribution is 5.97. The molecule has 0 atom stereocenters. The first kappa shape index (κ1) is 18.5. The van der Waals surface area contributed by atoms with Crippen LogP contribution in [0.1, 0.15) is 6.92 Å². The zero-order valence-corrected chi connectivity index (χ0v) is 10.2. The number of esters is 1. The van der Waals surface area contributed by atoms with Crippen molar-refractivity contribution in [1.29, 1.82) is 0 Å². The molecule has 0 rings (SSSR count). The summed E-state index contributed by atoms with van der Waals surface area (Å²) in [6.45, 7) is 7.83. The minimum absolute atomic E-state index is 0.143. The summed E-state index contributed by atoms with van der Waals surface area (Å²) in [7, 11) is 0. The van der Waals surface area contributed by atoms with Crippen LogP contribution in [0.15, 0.2) is 24.9 Å². The first-order chi connectivity index (χ1) is 8.74. The lowest BCUT2D eigenvalue weighted by molar-refractivity contribution is -0.133. The van der Waals surface area contributed by atoms with Crippen LogP contribution in [0, 0.1) is 0 Å². The molecule has 0 aromatic rings. The molecule has 0 saturated carbocycles. The molecule has 0 fully saturated rings. The molecule has 0 aromatic heterocycles. The summed E-state index contributed by atoms with van der Waals surface area (Å²) in [4.78, 5) is 40.9. The zero-order valence-electron chi connectivity index (χ0n) is 10.2. The van der Waals surface area contributed by atoms with E-state index in [9.17, 15) is 19.2 Å². The van der Waals surface area contributed by atoms with E-state index in [2.05, 4.69) is 28.4 Å². The topological polar surface area (TPSA) is 145 Å². The number of alkyl carbamates (subject to hydrolysis) is 1. The molecule has 0 aliphatic heterocycles. The smallest absolute Gasteiger partial charge is 0.412 e. The monoisotopic (exact) mass is 274 g/mol. The summed E-state index contributed by atoms with van der Waals surface area (Å²) in [5, 5.41) is 9.55. The molecular weight excluding hydrogens is 260 g/mol. The van der Waals surface area contributed by atoms with Gasteiger partial charge in [0.25, 0.3) is 0 Å². The summed E-state index contributed by atoms with van der Waals surface area (Å²) < 4.78 is 8.35. The summed E-state index contributed by atoms with van der Waals surface area (Å²) in [5.41, 5.74) is 4.13.